The SMILES string of the molecule is CCCNCC(CC1CCCO1)c1cccc(Cl)c1. The Morgan fingerprint density at radius 3 is 3.05 bits per heavy atom. The van der Waals surface area contributed by atoms with Gasteiger partial charge in [-0.3, -0.25) is 0 Å². The summed E-state index contributed by atoms with van der Waals surface area (Å²) >= 11 is 6.12. The maximum Gasteiger partial charge on any atom is 0.0582 e. The normalized spacial score (nSPS) is 20.6. The summed E-state index contributed by atoms with van der Waals surface area (Å²) in [6, 6.07) is 8.25. The number of hydrogen-bond acceptors (Lipinski definition) is 2. The number of nitrogens with one attached hydrogen (secondary N) is 1. The molecule has 1 aliphatic rings. The third-order valence-electron chi connectivity index (χ3n) is 3.71. The van der Waals surface area contributed by atoms with E-state index in [1.165, 1.54) is 24.8 Å². The van der Waals surface area contributed by atoms with Gasteiger partial charge in [0, 0.05) is 18.2 Å². The van der Waals surface area contributed by atoms with Gasteiger partial charge in [0.15, 0.2) is 0 Å². The minimum absolute atomic E-state index is 0.424. The van der Waals surface area contributed by atoms with Crippen molar-refractivity contribution in [2.45, 2.75) is 44.6 Å². The fraction of sp³-hybridized carbons (Fsp3) is 0.625. The first kappa shape index (κ1) is 14.8. The molecule has 2 nitrogen and oxygen atoms in total. The summed E-state index contributed by atoms with van der Waals surface area (Å²) < 4.78 is 5.78. The van der Waals surface area contributed by atoms with Crippen molar-refractivity contribution in [1.29, 1.82) is 0 Å². The van der Waals surface area contributed by atoms with E-state index >= 15 is 0 Å². The first-order chi connectivity index (χ1) is 9.29. The molecule has 0 bridgehead atoms. The van der Waals surface area contributed by atoms with Gasteiger partial charge in [0.25, 0.3) is 0 Å². The molecule has 0 amide bonds. The molecule has 2 atom stereocenters. The van der Waals surface area contributed by atoms with E-state index in [4.69, 9.17) is 16.3 Å². The highest BCUT2D eigenvalue weighted by molar-refractivity contribution is 6.30. The van der Waals surface area contributed by atoms with Gasteiger partial charge in [-0.1, -0.05) is 30.7 Å². The van der Waals surface area contributed by atoms with Crippen LogP contribution in [0.3, 0.4) is 0 Å². The standard InChI is InChI=1S/C16H24ClNO/c1-2-8-18-12-14(11-16-7-4-9-19-16)13-5-3-6-15(17)10-13/h3,5-6,10,14,16,18H,2,4,7-9,11-12H2,1H3. The van der Waals surface area contributed by atoms with Gasteiger partial charge in [-0.05, 0) is 55.8 Å². The second-order valence-electron chi connectivity index (χ2n) is 5.33. The molecule has 1 fully saturated rings. The zero-order valence-electron chi connectivity index (χ0n) is 11.7. The lowest BCUT2D eigenvalue weighted by molar-refractivity contribution is 0.0977. The predicted octanol–water partition coefficient (Wildman–Crippen LogP) is 3.99. The lowest BCUT2D eigenvalue weighted by atomic mass is 9.92. The first-order valence-electron chi connectivity index (χ1n) is 7.37. The summed E-state index contributed by atoms with van der Waals surface area (Å²) in [6.07, 6.45) is 5.09. The van der Waals surface area contributed by atoms with Crippen LogP contribution in [-0.2, 0) is 4.74 Å². The molecule has 0 saturated carbocycles. The predicted molar refractivity (Wildman–Crippen MR) is 80.9 cm³/mol. The highest BCUT2D eigenvalue weighted by Gasteiger charge is 2.21. The number of halogens is 1. The zero-order valence-corrected chi connectivity index (χ0v) is 12.5. The summed E-state index contributed by atoms with van der Waals surface area (Å²) in [5.74, 6) is 0.494. The summed E-state index contributed by atoms with van der Waals surface area (Å²) in [7, 11) is 0. The van der Waals surface area contributed by atoms with Crippen LogP contribution in [0.25, 0.3) is 0 Å². The molecule has 1 saturated heterocycles. The maximum absolute atomic E-state index is 6.12. The smallest absolute Gasteiger partial charge is 0.0582 e. The number of hydrogen-bond donors (Lipinski definition) is 1. The monoisotopic (exact) mass is 281 g/mol. The van der Waals surface area contributed by atoms with Crippen molar-refractivity contribution in [2.24, 2.45) is 0 Å². The Hall–Kier alpha value is -0.570. The van der Waals surface area contributed by atoms with Crippen LogP contribution in [0.2, 0.25) is 5.02 Å². The van der Waals surface area contributed by atoms with Gasteiger partial charge in [0.05, 0.1) is 6.10 Å². The fourth-order valence-corrected chi connectivity index (χ4v) is 2.90. The van der Waals surface area contributed by atoms with E-state index in [1.807, 2.05) is 12.1 Å². The van der Waals surface area contributed by atoms with Gasteiger partial charge >= 0.3 is 0 Å². The van der Waals surface area contributed by atoms with Crippen LogP contribution in [-0.4, -0.2) is 25.8 Å². The number of benzene rings is 1. The third-order valence-corrected chi connectivity index (χ3v) is 3.94. The summed E-state index contributed by atoms with van der Waals surface area (Å²) in [5, 5.41) is 4.35. The zero-order chi connectivity index (χ0) is 13.5. The molecular weight excluding hydrogens is 258 g/mol. The largest absolute Gasteiger partial charge is 0.378 e. The van der Waals surface area contributed by atoms with Crippen molar-refractivity contribution in [3.8, 4) is 0 Å². The molecular formula is C16H24ClNO. The molecule has 0 aromatic heterocycles. The van der Waals surface area contributed by atoms with E-state index in [2.05, 4.69) is 24.4 Å². The quantitative estimate of drug-likeness (QED) is 0.763. The molecule has 2 unspecified atom stereocenters. The highest BCUT2D eigenvalue weighted by Crippen LogP contribution is 2.28. The molecule has 1 heterocycles. The molecule has 0 radical (unpaired) electrons. The first-order valence-corrected chi connectivity index (χ1v) is 7.75. The van der Waals surface area contributed by atoms with Crippen molar-refractivity contribution in [1.82, 2.24) is 5.32 Å². The minimum Gasteiger partial charge on any atom is -0.378 e. The molecule has 1 aromatic rings. The molecule has 1 N–H and O–H groups in total. The Bertz CT molecular complexity index is 377. The lowest BCUT2D eigenvalue weighted by Crippen LogP contribution is -2.25. The third kappa shape index (κ3) is 4.79. The van der Waals surface area contributed by atoms with Crippen LogP contribution in [0.1, 0.15) is 44.1 Å². The molecule has 0 spiro atoms. The van der Waals surface area contributed by atoms with E-state index in [9.17, 15) is 0 Å². The van der Waals surface area contributed by atoms with Gasteiger partial charge in [0.1, 0.15) is 0 Å². The maximum atomic E-state index is 6.12. The van der Waals surface area contributed by atoms with Crippen LogP contribution in [0.5, 0.6) is 0 Å². The number of rotatable bonds is 7. The van der Waals surface area contributed by atoms with Crippen molar-refractivity contribution < 1.29 is 4.74 Å². The van der Waals surface area contributed by atoms with Gasteiger partial charge in [-0.25, -0.2) is 0 Å². The van der Waals surface area contributed by atoms with Crippen molar-refractivity contribution in [2.75, 3.05) is 19.7 Å². The van der Waals surface area contributed by atoms with Gasteiger partial charge in [-0.15, -0.1) is 0 Å². The molecule has 2 rings (SSSR count). The van der Waals surface area contributed by atoms with Crippen molar-refractivity contribution in [3.05, 3.63) is 34.9 Å². The van der Waals surface area contributed by atoms with Gasteiger partial charge in [0.2, 0.25) is 0 Å². The van der Waals surface area contributed by atoms with Crippen molar-refractivity contribution >= 4 is 11.6 Å². The van der Waals surface area contributed by atoms with E-state index < -0.39 is 0 Å². The van der Waals surface area contributed by atoms with Crippen molar-refractivity contribution in [3.63, 3.8) is 0 Å². The molecule has 3 heteroatoms. The average molecular weight is 282 g/mol. The lowest BCUT2D eigenvalue weighted by Gasteiger charge is -2.21. The van der Waals surface area contributed by atoms with Gasteiger partial charge < -0.3 is 10.1 Å². The van der Waals surface area contributed by atoms with Crippen LogP contribution in [0.4, 0.5) is 0 Å². The van der Waals surface area contributed by atoms with E-state index in [0.717, 1.165) is 31.1 Å². The molecule has 106 valence electrons. The second-order valence-corrected chi connectivity index (χ2v) is 5.76. The van der Waals surface area contributed by atoms with Gasteiger partial charge in [-0.2, -0.15) is 0 Å². The fourth-order valence-electron chi connectivity index (χ4n) is 2.70. The molecule has 1 aliphatic heterocycles. The molecule has 19 heavy (non-hydrogen) atoms. The number of ether oxygens (including phenoxy) is 1. The Kier molecular flexibility index (Phi) is 6.15. The van der Waals surface area contributed by atoms with E-state index in [1.54, 1.807) is 0 Å². The second kappa shape index (κ2) is 7.88. The van der Waals surface area contributed by atoms with Crippen LogP contribution in [0.15, 0.2) is 24.3 Å². The summed E-state index contributed by atoms with van der Waals surface area (Å²) in [6.45, 7) is 5.20. The van der Waals surface area contributed by atoms with E-state index in [-0.39, 0.29) is 0 Å². The minimum atomic E-state index is 0.424. The Morgan fingerprint density at radius 1 is 1.47 bits per heavy atom. The summed E-state index contributed by atoms with van der Waals surface area (Å²) in [4.78, 5) is 0. The Labute approximate surface area is 121 Å². The summed E-state index contributed by atoms with van der Waals surface area (Å²) in [5.41, 5.74) is 1.33. The van der Waals surface area contributed by atoms with Crippen LogP contribution < -0.4 is 5.32 Å². The van der Waals surface area contributed by atoms with Crippen LogP contribution in [0, 0.1) is 0 Å². The molecule has 1 aromatic carbocycles. The highest BCUT2D eigenvalue weighted by atomic mass is 35.5. The average Bonchev–Trinajstić information content (AvgIpc) is 2.91. The Morgan fingerprint density at radius 2 is 2.37 bits per heavy atom. The molecule has 0 aliphatic carbocycles. The van der Waals surface area contributed by atoms with Crippen LogP contribution >= 0.6 is 11.6 Å². The Balaban J connectivity index is 1.99. The topological polar surface area (TPSA) is 21.3 Å². The van der Waals surface area contributed by atoms with E-state index in [0.29, 0.717) is 12.0 Å².